The van der Waals surface area contributed by atoms with E-state index < -0.39 is 0 Å². The van der Waals surface area contributed by atoms with Crippen LogP contribution in [0.4, 0.5) is 16.2 Å². The number of rotatable bonds is 7. The highest BCUT2D eigenvalue weighted by Crippen LogP contribution is 2.33. The zero-order chi connectivity index (χ0) is 24.1. The van der Waals surface area contributed by atoms with Crippen molar-refractivity contribution in [3.05, 3.63) is 59.8 Å². The first-order valence-corrected chi connectivity index (χ1v) is 12.1. The second-order valence-electron chi connectivity index (χ2n) is 8.85. The molecule has 1 fully saturated rings. The number of likely N-dealkylation sites (tertiary alicyclic amines) is 1. The Morgan fingerprint density at radius 3 is 2.41 bits per heavy atom. The van der Waals surface area contributed by atoms with E-state index in [1.54, 1.807) is 35.1 Å². The van der Waals surface area contributed by atoms with Crippen LogP contribution in [-0.2, 0) is 7.05 Å². The predicted octanol–water partition coefficient (Wildman–Crippen LogP) is 6.03. The summed E-state index contributed by atoms with van der Waals surface area (Å²) in [6.45, 7) is 6.08. The fourth-order valence-electron chi connectivity index (χ4n) is 4.58. The number of carbonyl (C=O) groups excluding carboxylic acids is 1. The van der Waals surface area contributed by atoms with Crippen LogP contribution in [0.2, 0.25) is 5.02 Å². The summed E-state index contributed by atoms with van der Waals surface area (Å²) in [7, 11) is 1.89. The molecule has 180 valence electrons. The van der Waals surface area contributed by atoms with Gasteiger partial charge in [0.1, 0.15) is 12.4 Å². The van der Waals surface area contributed by atoms with E-state index in [1.165, 1.54) is 19.3 Å². The number of aryl methyl sites for hydroxylation is 1. The first-order chi connectivity index (χ1) is 16.4. The fraction of sp³-hybridized carbons (Fsp3) is 0.385. The molecule has 1 aliphatic heterocycles. The number of carbonyl (C=O) groups is 1. The minimum Gasteiger partial charge on any atom is -0.492 e. The van der Waals surface area contributed by atoms with Crippen molar-refractivity contribution >= 4 is 29.0 Å². The predicted molar refractivity (Wildman–Crippen MR) is 138 cm³/mol. The first kappa shape index (κ1) is 24.1. The van der Waals surface area contributed by atoms with E-state index in [4.69, 9.17) is 16.3 Å². The van der Waals surface area contributed by atoms with Crippen molar-refractivity contribution < 1.29 is 9.53 Å². The minimum absolute atomic E-state index is 0.333. The number of hydrogen-bond donors (Lipinski definition) is 2. The number of amides is 2. The van der Waals surface area contributed by atoms with Gasteiger partial charge in [-0.3, -0.25) is 9.58 Å². The molecule has 7 nitrogen and oxygen atoms in total. The van der Waals surface area contributed by atoms with Gasteiger partial charge in [0.25, 0.3) is 0 Å². The average Bonchev–Trinajstić information content (AvgIpc) is 3.23. The second-order valence-corrected chi connectivity index (χ2v) is 9.29. The molecule has 0 aliphatic carbocycles. The zero-order valence-corrected chi connectivity index (χ0v) is 20.7. The summed E-state index contributed by atoms with van der Waals surface area (Å²) in [4.78, 5) is 15.0. The number of nitrogens with one attached hydrogen (secondary N) is 2. The number of benzene rings is 2. The number of ether oxygens (including phenoxy) is 1. The van der Waals surface area contributed by atoms with Crippen LogP contribution in [0.1, 0.15) is 33.1 Å². The molecule has 2 amide bonds. The molecule has 2 aromatic carbocycles. The van der Waals surface area contributed by atoms with Gasteiger partial charge in [-0.05, 0) is 75.2 Å². The Bertz CT molecular complexity index is 1100. The van der Waals surface area contributed by atoms with Crippen LogP contribution in [0.15, 0.2) is 54.7 Å². The molecule has 2 atom stereocenters. The van der Waals surface area contributed by atoms with E-state index in [9.17, 15) is 4.79 Å². The summed E-state index contributed by atoms with van der Waals surface area (Å²) in [5.74, 6) is 0.768. The smallest absolute Gasteiger partial charge is 0.323 e. The van der Waals surface area contributed by atoms with Crippen LogP contribution < -0.4 is 15.4 Å². The third-order valence-corrected chi connectivity index (χ3v) is 6.67. The molecule has 2 N–H and O–H groups in total. The molecule has 0 bridgehead atoms. The lowest BCUT2D eigenvalue weighted by Crippen LogP contribution is -2.45. The molecule has 1 aromatic heterocycles. The van der Waals surface area contributed by atoms with Crippen LogP contribution in [0.5, 0.6) is 5.75 Å². The Kier molecular flexibility index (Phi) is 7.75. The third kappa shape index (κ3) is 5.90. The summed E-state index contributed by atoms with van der Waals surface area (Å²) in [5, 5.41) is 10.6. The molecular formula is C26H32ClN5O2. The van der Waals surface area contributed by atoms with Gasteiger partial charge in [-0.25, -0.2) is 4.79 Å². The van der Waals surface area contributed by atoms with Crippen LogP contribution in [0, 0.1) is 0 Å². The van der Waals surface area contributed by atoms with E-state index in [0.717, 1.165) is 23.6 Å². The number of nitrogens with zero attached hydrogens (tertiary/aromatic N) is 3. The Morgan fingerprint density at radius 2 is 1.74 bits per heavy atom. The molecule has 34 heavy (non-hydrogen) atoms. The van der Waals surface area contributed by atoms with Crippen LogP contribution in [-0.4, -0.2) is 45.9 Å². The quantitative estimate of drug-likeness (QED) is 0.432. The minimum atomic E-state index is -0.333. The van der Waals surface area contributed by atoms with Gasteiger partial charge < -0.3 is 15.4 Å². The summed E-state index contributed by atoms with van der Waals surface area (Å²) >= 11 is 5.92. The molecule has 8 heteroatoms. The molecule has 1 aliphatic rings. The van der Waals surface area contributed by atoms with Gasteiger partial charge in [0.05, 0.1) is 5.69 Å². The van der Waals surface area contributed by atoms with Gasteiger partial charge in [-0.15, -0.1) is 0 Å². The number of aromatic nitrogens is 2. The first-order valence-electron chi connectivity index (χ1n) is 11.8. The molecule has 3 aromatic rings. The van der Waals surface area contributed by atoms with Crippen molar-refractivity contribution in [2.45, 2.75) is 45.2 Å². The monoisotopic (exact) mass is 481 g/mol. The van der Waals surface area contributed by atoms with Gasteiger partial charge in [-0.1, -0.05) is 18.0 Å². The van der Waals surface area contributed by atoms with E-state index in [2.05, 4.69) is 34.5 Å². The lowest BCUT2D eigenvalue weighted by Gasteiger charge is -2.38. The van der Waals surface area contributed by atoms with Crippen molar-refractivity contribution in [3.8, 4) is 17.0 Å². The number of anilines is 2. The Morgan fingerprint density at radius 1 is 1.06 bits per heavy atom. The lowest BCUT2D eigenvalue weighted by atomic mass is 9.98. The fourth-order valence-corrected chi connectivity index (χ4v) is 4.70. The Hall–Kier alpha value is -3.03. The van der Waals surface area contributed by atoms with Gasteiger partial charge in [0, 0.05) is 53.8 Å². The van der Waals surface area contributed by atoms with Crippen molar-refractivity contribution in [2.24, 2.45) is 7.05 Å². The summed E-state index contributed by atoms with van der Waals surface area (Å²) in [6, 6.07) is 15.4. The maximum Gasteiger partial charge on any atom is 0.323 e. The van der Waals surface area contributed by atoms with E-state index in [0.29, 0.717) is 35.1 Å². The molecular weight excluding hydrogens is 450 g/mol. The van der Waals surface area contributed by atoms with Crippen molar-refractivity contribution in [1.29, 1.82) is 0 Å². The van der Waals surface area contributed by atoms with Gasteiger partial charge in [0.2, 0.25) is 0 Å². The third-order valence-electron chi connectivity index (χ3n) is 6.42. The molecule has 1 saturated heterocycles. The number of urea groups is 1. The standard InChI is InChI=1S/C26H32ClN5O2/c1-18-5-4-6-19(2)32(18)15-16-34-25-12-11-22(17-23(25)24-13-14-28-31(24)3)30-26(33)29-21-9-7-20(27)8-10-21/h7-14,17-19H,4-6,15-16H2,1-3H3,(H2,29,30,33)/t18-,19+. The number of hydrogen-bond acceptors (Lipinski definition) is 4. The highest BCUT2D eigenvalue weighted by atomic mass is 35.5. The van der Waals surface area contributed by atoms with E-state index in [-0.39, 0.29) is 6.03 Å². The van der Waals surface area contributed by atoms with Crippen LogP contribution >= 0.6 is 11.6 Å². The van der Waals surface area contributed by atoms with Crippen molar-refractivity contribution in [3.63, 3.8) is 0 Å². The molecule has 4 rings (SSSR count). The molecule has 0 radical (unpaired) electrons. The highest BCUT2D eigenvalue weighted by molar-refractivity contribution is 6.30. The SMILES string of the molecule is C[C@@H]1CCC[C@H](C)N1CCOc1ccc(NC(=O)Nc2ccc(Cl)cc2)cc1-c1ccnn1C. The molecule has 0 unspecified atom stereocenters. The average molecular weight is 482 g/mol. The number of halogens is 1. The van der Waals surface area contributed by atoms with Crippen molar-refractivity contribution in [2.75, 3.05) is 23.8 Å². The molecule has 2 heterocycles. The maximum absolute atomic E-state index is 12.5. The van der Waals surface area contributed by atoms with E-state index in [1.807, 2.05) is 31.3 Å². The summed E-state index contributed by atoms with van der Waals surface area (Å²) in [5.41, 5.74) is 3.11. The lowest BCUT2D eigenvalue weighted by molar-refractivity contribution is 0.0852. The zero-order valence-electron chi connectivity index (χ0n) is 19.9. The van der Waals surface area contributed by atoms with Gasteiger partial charge in [0.15, 0.2) is 0 Å². The largest absolute Gasteiger partial charge is 0.492 e. The maximum atomic E-state index is 12.5. The van der Waals surface area contributed by atoms with Gasteiger partial charge in [-0.2, -0.15) is 5.10 Å². The van der Waals surface area contributed by atoms with Crippen LogP contribution in [0.3, 0.4) is 0 Å². The molecule has 0 saturated carbocycles. The normalized spacial score (nSPS) is 18.5. The highest BCUT2D eigenvalue weighted by Gasteiger charge is 2.24. The summed E-state index contributed by atoms with van der Waals surface area (Å²) in [6.07, 6.45) is 5.53. The molecule has 0 spiro atoms. The van der Waals surface area contributed by atoms with Gasteiger partial charge >= 0.3 is 6.03 Å². The van der Waals surface area contributed by atoms with Crippen molar-refractivity contribution in [1.82, 2.24) is 14.7 Å². The second kappa shape index (κ2) is 10.9. The Labute approximate surface area is 206 Å². The Balaban J connectivity index is 1.47. The summed E-state index contributed by atoms with van der Waals surface area (Å²) < 4.78 is 8.06. The van der Waals surface area contributed by atoms with Crippen LogP contribution in [0.25, 0.3) is 11.3 Å². The topological polar surface area (TPSA) is 71.4 Å². The number of piperidine rings is 1. The van der Waals surface area contributed by atoms with E-state index >= 15 is 0 Å².